The summed E-state index contributed by atoms with van der Waals surface area (Å²) in [6, 6.07) is 5.46. The van der Waals surface area contributed by atoms with Gasteiger partial charge in [0.15, 0.2) is 9.84 Å². The molecule has 0 aliphatic heterocycles. The number of amides is 1. The lowest BCUT2D eigenvalue weighted by Crippen LogP contribution is -2.48. The number of aromatic nitrogens is 4. The molecule has 1 amide bonds. The highest BCUT2D eigenvalue weighted by molar-refractivity contribution is 7.89. The van der Waals surface area contributed by atoms with Gasteiger partial charge in [0.2, 0.25) is 5.82 Å². The number of sulfone groups is 1. The third-order valence-electron chi connectivity index (χ3n) is 8.29. The van der Waals surface area contributed by atoms with Crippen LogP contribution in [-0.4, -0.2) is 58.7 Å². The average Bonchev–Trinajstić information content (AvgIpc) is 3.21. The van der Waals surface area contributed by atoms with Crippen LogP contribution in [0.4, 0.5) is 8.78 Å². The van der Waals surface area contributed by atoms with Crippen LogP contribution in [0.15, 0.2) is 36.7 Å². The summed E-state index contributed by atoms with van der Waals surface area (Å²) in [6.07, 6.45) is 5.50. The molecule has 0 radical (unpaired) electrons. The minimum atomic E-state index is -3.25. The Bertz CT molecular complexity index is 1510. The molecule has 0 saturated heterocycles. The lowest BCUT2D eigenvalue weighted by molar-refractivity contribution is 0.0640. The number of rotatable bonds is 7. The molecule has 1 saturated carbocycles. The van der Waals surface area contributed by atoms with Crippen LogP contribution in [0.25, 0.3) is 11.3 Å². The van der Waals surface area contributed by atoms with Gasteiger partial charge in [-0.15, -0.1) is 0 Å². The van der Waals surface area contributed by atoms with Crippen LogP contribution in [0.3, 0.4) is 0 Å². The van der Waals surface area contributed by atoms with Crippen LogP contribution >= 0.6 is 0 Å². The molecule has 2 heterocycles. The van der Waals surface area contributed by atoms with Gasteiger partial charge in [0, 0.05) is 42.7 Å². The van der Waals surface area contributed by atoms with Crippen molar-refractivity contribution < 1.29 is 22.0 Å². The minimum Gasteiger partial charge on any atom is -0.335 e. The van der Waals surface area contributed by atoms with Crippen LogP contribution in [0.1, 0.15) is 67.0 Å². The molecule has 2 aliphatic carbocycles. The first kappa shape index (κ1) is 26.3. The van der Waals surface area contributed by atoms with Gasteiger partial charge in [-0.25, -0.2) is 27.2 Å². The predicted octanol–water partition coefficient (Wildman–Crippen LogP) is 4.07. The van der Waals surface area contributed by atoms with E-state index in [1.165, 1.54) is 30.6 Å². The van der Waals surface area contributed by atoms with E-state index in [-0.39, 0.29) is 40.1 Å². The molecule has 2 atom stereocenters. The largest absolute Gasteiger partial charge is 0.335 e. The highest BCUT2D eigenvalue weighted by Crippen LogP contribution is 2.67. The molecule has 1 aromatic carbocycles. The SMILES string of the molecule is CCN(C[C@@]12CC[C@@H](c3cc(-c4c(F)cccc4F)nnc31)C2(C)C)C(=O)c1ncc(CS(C)(=O)=O)cn1. The first-order valence-corrected chi connectivity index (χ1v) is 14.5. The summed E-state index contributed by atoms with van der Waals surface area (Å²) < 4.78 is 52.1. The molecule has 2 aliphatic rings. The van der Waals surface area contributed by atoms with Crippen molar-refractivity contribution in [3.05, 3.63) is 70.9 Å². The molecule has 0 unspecified atom stereocenters. The topological polar surface area (TPSA) is 106 Å². The van der Waals surface area contributed by atoms with Gasteiger partial charge in [-0.05, 0) is 54.9 Å². The van der Waals surface area contributed by atoms with E-state index in [0.717, 1.165) is 30.4 Å². The maximum atomic E-state index is 14.5. The second kappa shape index (κ2) is 9.14. The lowest BCUT2D eigenvalue weighted by atomic mass is 9.68. The second-order valence-corrected chi connectivity index (χ2v) is 13.0. The van der Waals surface area contributed by atoms with Crippen molar-refractivity contribution in [3.63, 3.8) is 0 Å². The van der Waals surface area contributed by atoms with Gasteiger partial charge in [0.25, 0.3) is 5.91 Å². The van der Waals surface area contributed by atoms with Crippen LogP contribution in [0, 0.1) is 17.0 Å². The summed E-state index contributed by atoms with van der Waals surface area (Å²) in [5.74, 6) is -1.86. The minimum absolute atomic E-state index is 0.0115. The summed E-state index contributed by atoms with van der Waals surface area (Å²) in [6.45, 7) is 6.92. The zero-order valence-corrected chi connectivity index (χ0v) is 22.5. The molecule has 5 rings (SSSR count). The third-order valence-corrected chi connectivity index (χ3v) is 9.15. The molecule has 0 spiro atoms. The summed E-state index contributed by atoms with van der Waals surface area (Å²) in [5.41, 5.74) is 1.25. The Morgan fingerprint density at radius 3 is 2.39 bits per heavy atom. The lowest BCUT2D eigenvalue weighted by Gasteiger charge is -2.41. The number of likely N-dealkylation sites (N-methyl/N-ethyl adjacent to an activating group) is 1. The highest BCUT2D eigenvalue weighted by atomic mass is 32.2. The number of nitrogens with zero attached hydrogens (tertiary/aromatic N) is 5. The fourth-order valence-corrected chi connectivity index (χ4v) is 7.03. The van der Waals surface area contributed by atoms with Crippen molar-refractivity contribution in [3.8, 4) is 11.3 Å². The molecule has 1 fully saturated rings. The molecule has 3 aromatic rings. The molecule has 38 heavy (non-hydrogen) atoms. The summed E-state index contributed by atoms with van der Waals surface area (Å²) in [7, 11) is -3.25. The van der Waals surface area contributed by atoms with Gasteiger partial charge in [0.05, 0.1) is 22.7 Å². The van der Waals surface area contributed by atoms with Crippen LogP contribution in [0.5, 0.6) is 0 Å². The highest BCUT2D eigenvalue weighted by Gasteiger charge is 2.64. The van der Waals surface area contributed by atoms with E-state index in [0.29, 0.717) is 18.7 Å². The average molecular weight is 542 g/mol. The first-order valence-electron chi connectivity index (χ1n) is 12.5. The van der Waals surface area contributed by atoms with E-state index in [9.17, 15) is 22.0 Å². The smallest absolute Gasteiger partial charge is 0.291 e. The zero-order valence-electron chi connectivity index (χ0n) is 21.7. The molecular weight excluding hydrogens is 512 g/mol. The normalized spacial score (nSPS) is 21.4. The number of hydrogen-bond donors (Lipinski definition) is 0. The van der Waals surface area contributed by atoms with E-state index in [4.69, 9.17) is 0 Å². The first-order chi connectivity index (χ1) is 17.9. The number of carbonyl (C=O) groups is 1. The maximum Gasteiger partial charge on any atom is 0.291 e. The van der Waals surface area contributed by atoms with E-state index in [1.54, 1.807) is 11.0 Å². The van der Waals surface area contributed by atoms with Crippen molar-refractivity contribution in [2.24, 2.45) is 5.41 Å². The van der Waals surface area contributed by atoms with Gasteiger partial charge in [-0.3, -0.25) is 4.79 Å². The number of hydrogen-bond acceptors (Lipinski definition) is 7. The summed E-state index contributed by atoms with van der Waals surface area (Å²) in [5, 5.41) is 8.76. The Hall–Kier alpha value is -3.34. The number of carbonyl (C=O) groups excluding carboxylic acids is 1. The Morgan fingerprint density at radius 1 is 1.13 bits per heavy atom. The van der Waals surface area contributed by atoms with Crippen molar-refractivity contribution in [1.82, 2.24) is 25.1 Å². The van der Waals surface area contributed by atoms with Crippen molar-refractivity contribution in [2.45, 2.75) is 50.7 Å². The van der Waals surface area contributed by atoms with E-state index in [1.807, 2.05) is 6.92 Å². The van der Waals surface area contributed by atoms with Gasteiger partial charge in [-0.1, -0.05) is 19.9 Å². The van der Waals surface area contributed by atoms with E-state index >= 15 is 0 Å². The Balaban J connectivity index is 1.48. The van der Waals surface area contributed by atoms with E-state index < -0.39 is 26.9 Å². The predicted molar refractivity (Wildman–Crippen MR) is 137 cm³/mol. The molecule has 2 aromatic heterocycles. The fraction of sp³-hybridized carbons (Fsp3) is 0.444. The Kier molecular flexibility index (Phi) is 6.32. The van der Waals surface area contributed by atoms with Crippen LogP contribution in [-0.2, 0) is 21.0 Å². The zero-order chi connectivity index (χ0) is 27.5. The van der Waals surface area contributed by atoms with E-state index in [2.05, 4.69) is 34.0 Å². The van der Waals surface area contributed by atoms with Crippen molar-refractivity contribution in [2.75, 3.05) is 19.3 Å². The molecule has 2 bridgehead atoms. The van der Waals surface area contributed by atoms with Crippen molar-refractivity contribution in [1.29, 1.82) is 0 Å². The maximum absolute atomic E-state index is 14.5. The molecule has 11 heteroatoms. The van der Waals surface area contributed by atoms with Gasteiger partial charge in [-0.2, -0.15) is 10.2 Å². The van der Waals surface area contributed by atoms with Gasteiger partial charge >= 0.3 is 0 Å². The van der Waals surface area contributed by atoms with Gasteiger partial charge in [0.1, 0.15) is 11.6 Å². The van der Waals surface area contributed by atoms with Crippen LogP contribution < -0.4 is 0 Å². The third kappa shape index (κ3) is 4.16. The second-order valence-electron chi connectivity index (χ2n) is 10.8. The molecule has 200 valence electrons. The molecular formula is C27H29F2N5O3S. The number of halogens is 2. The standard InChI is InChI=1S/C27H29F2N5O3S/c1-5-34(25(35)24-30-12-16(13-31-24)14-38(4,36)37)15-27-10-9-18(26(27,2)3)17-11-21(32-33-23(17)27)22-19(28)7-6-8-20(22)29/h6-8,11-13,18H,5,9-10,14-15H2,1-4H3/t18-,27-/m0/s1. The molecule has 0 N–H and O–H groups in total. The number of benzene rings is 1. The monoisotopic (exact) mass is 541 g/mol. The summed E-state index contributed by atoms with van der Waals surface area (Å²) >= 11 is 0. The van der Waals surface area contributed by atoms with Crippen LogP contribution in [0.2, 0.25) is 0 Å². The van der Waals surface area contributed by atoms with Gasteiger partial charge < -0.3 is 4.90 Å². The Labute approximate surface area is 220 Å². The molecule has 8 nitrogen and oxygen atoms in total. The Morgan fingerprint density at radius 2 is 1.79 bits per heavy atom. The summed E-state index contributed by atoms with van der Waals surface area (Å²) in [4.78, 5) is 23.4. The van der Waals surface area contributed by atoms with Crippen molar-refractivity contribution >= 4 is 15.7 Å². The fourth-order valence-electron chi connectivity index (χ4n) is 6.28. The number of fused-ring (bicyclic) bond motifs is 5. The quantitative estimate of drug-likeness (QED) is 0.444.